The zero-order chi connectivity index (χ0) is 20.9. The molecular formula is C20H21N7O3. The van der Waals surface area contributed by atoms with E-state index in [0.717, 1.165) is 24.5 Å². The number of nitrogens with one attached hydrogen (secondary N) is 1. The van der Waals surface area contributed by atoms with Crippen molar-refractivity contribution in [2.45, 2.75) is 0 Å². The van der Waals surface area contributed by atoms with Crippen molar-refractivity contribution in [3.63, 3.8) is 0 Å². The number of anilines is 4. The lowest BCUT2D eigenvalue weighted by Crippen LogP contribution is -2.47. The van der Waals surface area contributed by atoms with Crippen LogP contribution in [0.2, 0.25) is 0 Å². The van der Waals surface area contributed by atoms with E-state index in [2.05, 4.69) is 25.2 Å². The number of aromatic nitrogens is 3. The molecule has 10 nitrogen and oxygen atoms in total. The van der Waals surface area contributed by atoms with Gasteiger partial charge in [-0.3, -0.25) is 10.1 Å². The van der Waals surface area contributed by atoms with Gasteiger partial charge in [-0.05, 0) is 36.4 Å². The summed E-state index contributed by atoms with van der Waals surface area (Å²) >= 11 is 0. The van der Waals surface area contributed by atoms with Gasteiger partial charge in [0.15, 0.2) is 0 Å². The van der Waals surface area contributed by atoms with Crippen LogP contribution < -0.4 is 19.9 Å². The second kappa shape index (κ2) is 8.60. The number of pyridine rings is 1. The van der Waals surface area contributed by atoms with Gasteiger partial charge in [-0.25, -0.2) is 15.0 Å². The van der Waals surface area contributed by atoms with E-state index in [9.17, 15) is 10.1 Å². The van der Waals surface area contributed by atoms with Crippen LogP contribution in [0.5, 0.6) is 5.75 Å². The lowest BCUT2D eigenvalue weighted by Gasteiger charge is -2.36. The van der Waals surface area contributed by atoms with Crippen molar-refractivity contribution in [1.29, 1.82) is 0 Å². The first-order valence-electron chi connectivity index (χ1n) is 9.47. The normalized spacial score (nSPS) is 13.8. The van der Waals surface area contributed by atoms with Gasteiger partial charge in [0.05, 0.1) is 12.0 Å². The monoisotopic (exact) mass is 407 g/mol. The van der Waals surface area contributed by atoms with Gasteiger partial charge in [0.1, 0.15) is 17.9 Å². The van der Waals surface area contributed by atoms with Crippen molar-refractivity contribution < 1.29 is 9.66 Å². The van der Waals surface area contributed by atoms with E-state index in [4.69, 9.17) is 4.74 Å². The van der Waals surface area contributed by atoms with Crippen LogP contribution in [-0.2, 0) is 0 Å². The lowest BCUT2D eigenvalue weighted by molar-refractivity contribution is -0.383. The smallest absolute Gasteiger partial charge is 0.353 e. The molecule has 1 N–H and O–H groups in total. The molecule has 2 aromatic heterocycles. The summed E-state index contributed by atoms with van der Waals surface area (Å²) in [5, 5.41) is 14.8. The lowest BCUT2D eigenvalue weighted by atomic mass is 10.2. The number of nitrogens with zero attached hydrogens (tertiary/aromatic N) is 6. The first kappa shape index (κ1) is 19.4. The fourth-order valence-electron chi connectivity index (χ4n) is 3.39. The predicted molar refractivity (Wildman–Crippen MR) is 114 cm³/mol. The Morgan fingerprint density at radius 2 is 1.73 bits per heavy atom. The van der Waals surface area contributed by atoms with Gasteiger partial charge < -0.3 is 19.9 Å². The van der Waals surface area contributed by atoms with E-state index >= 15 is 0 Å². The molecule has 0 atom stereocenters. The van der Waals surface area contributed by atoms with E-state index in [1.54, 1.807) is 31.5 Å². The molecule has 30 heavy (non-hydrogen) atoms. The third kappa shape index (κ3) is 4.07. The summed E-state index contributed by atoms with van der Waals surface area (Å²) in [6, 6.07) is 13.2. The van der Waals surface area contributed by atoms with Gasteiger partial charge in [0.25, 0.3) is 0 Å². The van der Waals surface area contributed by atoms with Crippen molar-refractivity contribution >= 4 is 28.8 Å². The Kier molecular flexibility index (Phi) is 5.55. The van der Waals surface area contributed by atoms with Crippen LogP contribution >= 0.6 is 0 Å². The van der Waals surface area contributed by atoms with Gasteiger partial charge in [-0.15, -0.1) is 0 Å². The number of ether oxygens (including phenoxy) is 1. The molecule has 1 fully saturated rings. The zero-order valence-electron chi connectivity index (χ0n) is 16.4. The highest BCUT2D eigenvalue weighted by Crippen LogP contribution is 2.34. The molecule has 3 aromatic rings. The molecule has 0 radical (unpaired) electrons. The summed E-state index contributed by atoms with van der Waals surface area (Å²) < 4.78 is 5.21. The Labute approximate surface area is 173 Å². The summed E-state index contributed by atoms with van der Waals surface area (Å²) in [4.78, 5) is 28.0. The van der Waals surface area contributed by atoms with Crippen LogP contribution in [0.1, 0.15) is 0 Å². The summed E-state index contributed by atoms with van der Waals surface area (Å²) in [6.07, 6.45) is 2.94. The largest absolute Gasteiger partial charge is 0.497 e. The van der Waals surface area contributed by atoms with E-state index in [-0.39, 0.29) is 11.5 Å². The van der Waals surface area contributed by atoms with Crippen LogP contribution in [0.15, 0.2) is 55.0 Å². The minimum absolute atomic E-state index is 0.126. The molecule has 4 rings (SSSR count). The molecule has 10 heteroatoms. The Morgan fingerprint density at radius 3 is 2.37 bits per heavy atom. The molecule has 0 saturated carbocycles. The molecule has 1 aliphatic heterocycles. The zero-order valence-corrected chi connectivity index (χ0v) is 16.4. The maximum Gasteiger partial charge on any atom is 0.353 e. The maximum atomic E-state index is 11.8. The Balaban J connectivity index is 1.52. The van der Waals surface area contributed by atoms with Crippen LogP contribution in [0, 0.1) is 10.1 Å². The number of nitro groups is 1. The first-order valence-corrected chi connectivity index (χ1v) is 9.47. The Morgan fingerprint density at radius 1 is 1.00 bits per heavy atom. The molecule has 0 unspecified atom stereocenters. The van der Waals surface area contributed by atoms with Gasteiger partial charge in [0, 0.05) is 38.1 Å². The molecule has 1 aromatic carbocycles. The van der Waals surface area contributed by atoms with Gasteiger partial charge in [0.2, 0.25) is 11.6 Å². The molecule has 1 saturated heterocycles. The highest BCUT2D eigenvalue weighted by molar-refractivity contribution is 5.73. The van der Waals surface area contributed by atoms with Gasteiger partial charge in [-0.1, -0.05) is 6.07 Å². The summed E-state index contributed by atoms with van der Waals surface area (Å²) in [5.41, 5.74) is 0.936. The number of hydrogen-bond donors (Lipinski definition) is 1. The van der Waals surface area contributed by atoms with E-state index in [0.29, 0.717) is 24.7 Å². The molecule has 1 aliphatic rings. The molecule has 154 valence electrons. The van der Waals surface area contributed by atoms with Crippen LogP contribution in [-0.4, -0.2) is 53.2 Å². The average Bonchev–Trinajstić information content (AvgIpc) is 2.79. The second-order valence-electron chi connectivity index (χ2n) is 6.66. The number of hydrogen-bond acceptors (Lipinski definition) is 9. The van der Waals surface area contributed by atoms with Gasteiger partial charge >= 0.3 is 5.69 Å². The average molecular weight is 407 g/mol. The van der Waals surface area contributed by atoms with Crippen molar-refractivity contribution in [2.75, 3.05) is 48.4 Å². The maximum absolute atomic E-state index is 11.8. The topological polar surface area (TPSA) is 110 Å². The third-order valence-electron chi connectivity index (χ3n) is 4.91. The molecule has 3 heterocycles. The Hall–Kier alpha value is -3.95. The minimum Gasteiger partial charge on any atom is -0.497 e. The SMILES string of the molecule is COc1ccc(N2CCN(c3ncnc(Nc4ccccn4)c3[N+](=O)[O-])CC2)cc1. The molecule has 0 aliphatic carbocycles. The predicted octanol–water partition coefficient (Wildman–Crippen LogP) is 2.86. The number of piperazine rings is 1. The second-order valence-corrected chi connectivity index (χ2v) is 6.66. The van der Waals surface area contributed by atoms with Crippen LogP contribution in [0.25, 0.3) is 0 Å². The summed E-state index contributed by atoms with van der Waals surface area (Å²) in [6.45, 7) is 2.65. The fourth-order valence-corrected chi connectivity index (χ4v) is 3.39. The summed E-state index contributed by atoms with van der Waals surface area (Å²) in [7, 11) is 1.64. The number of methoxy groups -OCH3 is 1. The van der Waals surface area contributed by atoms with E-state index < -0.39 is 4.92 Å². The standard InChI is InChI=1S/C20H21N7O3/c1-30-16-7-5-15(6-8-16)25-10-12-26(13-11-25)20-18(27(28)29)19(22-14-23-20)24-17-4-2-3-9-21-17/h2-9,14H,10-13H2,1H3,(H,21,22,23,24). The van der Waals surface area contributed by atoms with Crippen LogP contribution in [0.4, 0.5) is 28.8 Å². The molecular weight excluding hydrogens is 386 g/mol. The van der Waals surface area contributed by atoms with Crippen molar-refractivity contribution in [3.05, 3.63) is 65.1 Å². The number of benzene rings is 1. The van der Waals surface area contributed by atoms with Crippen molar-refractivity contribution in [1.82, 2.24) is 15.0 Å². The highest BCUT2D eigenvalue weighted by atomic mass is 16.6. The van der Waals surface area contributed by atoms with Crippen molar-refractivity contribution in [2.24, 2.45) is 0 Å². The quantitative estimate of drug-likeness (QED) is 0.487. The molecule has 0 bridgehead atoms. The Bertz CT molecular complexity index is 1010. The molecule has 0 spiro atoms. The number of rotatable bonds is 6. The van der Waals surface area contributed by atoms with E-state index in [1.807, 2.05) is 29.2 Å². The molecule has 0 amide bonds. The summed E-state index contributed by atoms with van der Waals surface area (Å²) in [5.74, 6) is 1.72. The van der Waals surface area contributed by atoms with E-state index in [1.165, 1.54) is 6.33 Å². The van der Waals surface area contributed by atoms with Crippen molar-refractivity contribution in [3.8, 4) is 5.75 Å². The first-order chi connectivity index (χ1) is 14.7. The van der Waals surface area contributed by atoms with Crippen LogP contribution in [0.3, 0.4) is 0 Å². The van der Waals surface area contributed by atoms with Gasteiger partial charge in [-0.2, -0.15) is 0 Å². The third-order valence-corrected chi connectivity index (χ3v) is 4.91. The minimum atomic E-state index is -0.448. The highest BCUT2D eigenvalue weighted by Gasteiger charge is 2.29. The fraction of sp³-hybridized carbons (Fsp3) is 0.250.